The Kier molecular flexibility index (Phi) is 5.38. The number of phenolic OH excluding ortho intramolecular Hbond substituents is 1. The highest BCUT2D eigenvalue weighted by molar-refractivity contribution is 7.10. The van der Waals surface area contributed by atoms with Crippen LogP contribution in [0.3, 0.4) is 0 Å². The van der Waals surface area contributed by atoms with Gasteiger partial charge in [0.15, 0.2) is 0 Å². The summed E-state index contributed by atoms with van der Waals surface area (Å²) in [7, 11) is 0. The van der Waals surface area contributed by atoms with Gasteiger partial charge in [-0.1, -0.05) is 24.0 Å². The number of carbonyl (C=O) groups is 1. The number of hydrogen-bond acceptors (Lipinski definition) is 4. The van der Waals surface area contributed by atoms with Gasteiger partial charge in [-0.05, 0) is 29.1 Å². The van der Waals surface area contributed by atoms with E-state index >= 15 is 0 Å². The van der Waals surface area contributed by atoms with Crippen molar-refractivity contribution in [1.82, 2.24) is 5.32 Å². The Hall–Kier alpha value is -2.29. The van der Waals surface area contributed by atoms with Crippen LogP contribution in [-0.2, 0) is 17.8 Å². The van der Waals surface area contributed by atoms with E-state index in [4.69, 9.17) is 5.73 Å². The summed E-state index contributed by atoms with van der Waals surface area (Å²) in [6.45, 7) is 0.783. The predicted octanol–water partition coefficient (Wildman–Crippen LogP) is 1.62. The fourth-order valence-electron chi connectivity index (χ4n) is 1.78. The van der Waals surface area contributed by atoms with Crippen molar-refractivity contribution in [2.75, 3.05) is 6.54 Å². The number of phenols is 1. The van der Waals surface area contributed by atoms with Crippen LogP contribution in [0.2, 0.25) is 0 Å². The number of thiophene rings is 1. The molecule has 2 aromatic rings. The Morgan fingerprint density at radius 2 is 2.05 bits per heavy atom. The monoisotopic (exact) mass is 300 g/mol. The second-order valence-electron chi connectivity index (χ2n) is 4.38. The first-order valence-electron chi connectivity index (χ1n) is 6.49. The third-order valence-corrected chi connectivity index (χ3v) is 3.74. The second kappa shape index (κ2) is 7.48. The minimum Gasteiger partial charge on any atom is -0.508 e. The van der Waals surface area contributed by atoms with Crippen molar-refractivity contribution in [1.29, 1.82) is 0 Å². The minimum atomic E-state index is -0.0631. The first-order chi connectivity index (χ1) is 10.2. The van der Waals surface area contributed by atoms with Crippen molar-refractivity contribution in [3.63, 3.8) is 0 Å². The van der Waals surface area contributed by atoms with Crippen LogP contribution in [-0.4, -0.2) is 17.6 Å². The zero-order valence-electron chi connectivity index (χ0n) is 11.4. The minimum absolute atomic E-state index is 0.0631. The summed E-state index contributed by atoms with van der Waals surface area (Å²) < 4.78 is 0. The maximum Gasteiger partial charge on any atom is 0.224 e. The van der Waals surface area contributed by atoms with Crippen LogP contribution < -0.4 is 11.1 Å². The standard InChI is InChI=1S/C16H16N2O2S/c17-8-1-2-13-7-9-21-15(13)11-18-16(20)10-12-3-5-14(19)6-4-12/h3-7,9,19H,8,10-11,17H2,(H,18,20). The number of nitrogens with one attached hydrogen (secondary N) is 1. The molecule has 0 fully saturated rings. The molecule has 0 aliphatic carbocycles. The van der Waals surface area contributed by atoms with Crippen LogP contribution in [0.1, 0.15) is 16.0 Å². The number of hydrogen-bond donors (Lipinski definition) is 3. The molecule has 1 amide bonds. The van der Waals surface area contributed by atoms with Crippen molar-refractivity contribution in [2.24, 2.45) is 5.73 Å². The Morgan fingerprint density at radius 1 is 1.29 bits per heavy atom. The van der Waals surface area contributed by atoms with E-state index in [-0.39, 0.29) is 18.1 Å². The van der Waals surface area contributed by atoms with Gasteiger partial charge in [-0.2, -0.15) is 0 Å². The van der Waals surface area contributed by atoms with Gasteiger partial charge < -0.3 is 16.2 Å². The van der Waals surface area contributed by atoms with Crippen molar-refractivity contribution >= 4 is 17.2 Å². The van der Waals surface area contributed by atoms with Crippen molar-refractivity contribution in [3.8, 4) is 17.6 Å². The van der Waals surface area contributed by atoms with E-state index in [0.717, 1.165) is 16.0 Å². The summed E-state index contributed by atoms with van der Waals surface area (Å²) in [5.74, 6) is 5.93. The second-order valence-corrected chi connectivity index (χ2v) is 5.38. The van der Waals surface area contributed by atoms with E-state index < -0.39 is 0 Å². The van der Waals surface area contributed by atoms with Crippen molar-refractivity contribution in [3.05, 3.63) is 51.7 Å². The number of aromatic hydroxyl groups is 1. The fraction of sp³-hybridized carbons (Fsp3) is 0.188. The molecule has 0 radical (unpaired) electrons. The van der Waals surface area contributed by atoms with E-state index in [0.29, 0.717) is 13.1 Å². The maximum atomic E-state index is 11.9. The van der Waals surface area contributed by atoms with Gasteiger partial charge in [-0.3, -0.25) is 4.79 Å². The van der Waals surface area contributed by atoms with Gasteiger partial charge in [0.05, 0.1) is 19.5 Å². The SMILES string of the molecule is NCC#Cc1ccsc1CNC(=O)Cc1ccc(O)cc1. The van der Waals surface area contributed by atoms with Gasteiger partial charge >= 0.3 is 0 Å². The van der Waals surface area contributed by atoms with E-state index in [9.17, 15) is 9.90 Å². The molecule has 5 heteroatoms. The third kappa shape index (κ3) is 4.63. The van der Waals surface area contributed by atoms with Crippen LogP contribution in [0, 0.1) is 11.8 Å². The van der Waals surface area contributed by atoms with Crippen molar-refractivity contribution in [2.45, 2.75) is 13.0 Å². The summed E-state index contributed by atoms with van der Waals surface area (Å²) in [6.07, 6.45) is 0.287. The molecule has 1 heterocycles. The first kappa shape index (κ1) is 15.1. The molecule has 2 rings (SSSR count). The number of rotatable bonds is 4. The Bertz CT molecular complexity index is 666. The Morgan fingerprint density at radius 3 is 2.76 bits per heavy atom. The molecule has 1 aromatic carbocycles. The molecule has 4 nitrogen and oxygen atoms in total. The molecule has 0 aliphatic heterocycles. The molecule has 21 heavy (non-hydrogen) atoms. The Labute approximate surface area is 127 Å². The van der Waals surface area contributed by atoms with Gasteiger partial charge in [0.2, 0.25) is 5.91 Å². The summed E-state index contributed by atoms with van der Waals surface area (Å²) >= 11 is 1.56. The topological polar surface area (TPSA) is 75.3 Å². The lowest BCUT2D eigenvalue weighted by molar-refractivity contribution is -0.120. The molecule has 0 saturated heterocycles. The average Bonchev–Trinajstić information content (AvgIpc) is 2.93. The zero-order valence-corrected chi connectivity index (χ0v) is 12.2. The van der Waals surface area contributed by atoms with E-state index in [1.54, 1.807) is 35.6 Å². The molecular formula is C16H16N2O2S. The van der Waals surface area contributed by atoms with Crippen LogP contribution in [0.25, 0.3) is 0 Å². The van der Waals surface area contributed by atoms with E-state index in [1.807, 2.05) is 11.4 Å². The molecule has 0 aliphatic rings. The molecule has 0 saturated carbocycles. The van der Waals surface area contributed by atoms with Gasteiger partial charge in [-0.25, -0.2) is 0 Å². The van der Waals surface area contributed by atoms with Gasteiger partial charge in [0.25, 0.3) is 0 Å². The summed E-state index contributed by atoms with van der Waals surface area (Å²) in [5.41, 5.74) is 7.13. The molecule has 1 aromatic heterocycles. The van der Waals surface area contributed by atoms with E-state index in [1.165, 1.54) is 0 Å². The highest BCUT2D eigenvalue weighted by Crippen LogP contribution is 2.15. The zero-order chi connectivity index (χ0) is 15.1. The summed E-state index contributed by atoms with van der Waals surface area (Å²) in [4.78, 5) is 12.9. The highest BCUT2D eigenvalue weighted by Gasteiger charge is 2.06. The van der Waals surface area contributed by atoms with Crippen LogP contribution in [0.5, 0.6) is 5.75 Å². The Balaban J connectivity index is 1.89. The number of amides is 1. The largest absolute Gasteiger partial charge is 0.508 e. The molecular weight excluding hydrogens is 284 g/mol. The molecule has 0 spiro atoms. The molecule has 0 unspecified atom stereocenters. The number of benzene rings is 1. The molecule has 108 valence electrons. The normalized spacial score (nSPS) is 9.76. The van der Waals surface area contributed by atoms with Gasteiger partial charge in [0.1, 0.15) is 5.75 Å². The first-order valence-corrected chi connectivity index (χ1v) is 7.37. The summed E-state index contributed by atoms with van der Waals surface area (Å²) in [5, 5.41) is 14.0. The van der Waals surface area contributed by atoms with Crippen molar-refractivity contribution < 1.29 is 9.90 Å². The third-order valence-electron chi connectivity index (χ3n) is 2.82. The fourth-order valence-corrected chi connectivity index (χ4v) is 2.55. The lowest BCUT2D eigenvalue weighted by Crippen LogP contribution is -2.24. The van der Waals surface area contributed by atoms with Gasteiger partial charge in [0, 0.05) is 10.4 Å². The maximum absolute atomic E-state index is 11.9. The van der Waals surface area contributed by atoms with Crippen LogP contribution in [0.15, 0.2) is 35.7 Å². The van der Waals surface area contributed by atoms with E-state index in [2.05, 4.69) is 17.2 Å². The number of nitrogens with two attached hydrogens (primary N) is 1. The average molecular weight is 300 g/mol. The van der Waals surface area contributed by atoms with Crippen LogP contribution >= 0.6 is 11.3 Å². The smallest absolute Gasteiger partial charge is 0.224 e. The highest BCUT2D eigenvalue weighted by atomic mass is 32.1. The van der Waals surface area contributed by atoms with Crippen LogP contribution in [0.4, 0.5) is 0 Å². The lowest BCUT2D eigenvalue weighted by atomic mass is 10.1. The molecule has 0 bridgehead atoms. The van der Waals surface area contributed by atoms with Gasteiger partial charge in [-0.15, -0.1) is 11.3 Å². The quantitative estimate of drug-likeness (QED) is 0.751. The predicted molar refractivity (Wildman–Crippen MR) is 83.9 cm³/mol. The molecule has 0 atom stereocenters. The summed E-state index contributed by atoms with van der Waals surface area (Å²) in [6, 6.07) is 8.54. The lowest BCUT2D eigenvalue weighted by Gasteiger charge is -2.05. The number of carbonyl (C=O) groups excluding carboxylic acids is 1. The molecule has 4 N–H and O–H groups in total.